The molecule has 0 radical (unpaired) electrons. The summed E-state index contributed by atoms with van der Waals surface area (Å²) >= 11 is 0. The third-order valence-electron chi connectivity index (χ3n) is 1.19. The minimum Gasteiger partial charge on any atom is -0.388 e. The Morgan fingerprint density at radius 3 is 2.31 bits per heavy atom. The molecule has 0 saturated carbocycles. The third kappa shape index (κ3) is 7.73. The summed E-state index contributed by atoms with van der Waals surface area (Å²) in [5, 5.41) is 0. The molecule has 3 N–H and O–H groups in total. The number of hydrogen-bond donors (Lipinski definition) is 2. The minimum atomic E-state index is -3.19. The molecule has 0 amide bonds. The van der Waals surface area contributed by atoms with E-state index in [1.54, 1.807) is 20.8 Å². The Labute approximate surface area is 79.5 Å². The van der Waals surface area contributed by atoms with Gasteiger partial charge >= 0.3 is 0 Å². The van der Waals surface area contributed by atoms with Crippen LogP contribution in [0.3, 0.4) is 0 Å². The van der Waals surface area contributed by atoms with Crippen molar-refractivity contribution in [3.63, 3.8) is 0 Å². The average molecular weight is 207 g/mol. The molecule has 0 fully saturated rings. The lowest BCUT2D eigenvalue weighted by Gasteiger charge is -2.22. The van der Waals surface area contributed by atoms with Crippen molar-refractivity contribution in [3.8, 4) is 0 Å². The number of nitrogens with one attached hydrogen (secondary N) is 1. The van der Waals surface area contributed by atoms with E-state index in [1.165, 1.54) is 0 Å². The maximum Gasteiger partial charge on any atom is 0.209 e. The van der Waals surface area contributed by atoms with Crippen LogP contribution in [0, 0.1) is 0 Å². The Morgan fingerprint density at radius 1 is 1.54 bits per heavy atom. The molecule has 0 bridgehead atoms. The molecule has 13 heavy (non-hydrogen) atoms. The van der Waals surface area contributed by atoms with E-state index >= 15 is 0 Å². The molecule has 0 atom stereocenters. The van der Waals surface area contributed by atoms with Gasteiger partial charge in [-0.2, -0.15) is 0 Å². The molecule has 0 rings (SSSR count). The van der Waals surface area contributed by atoms with E-state index in [0.717, 1.165) is 6.26 Å². The first-order valence-electron chi connectivity index (χ1n) is 3.88. The van der Waals surface area contributed by atoms with Gasteiger partial charge in [-0.25, -0.2) is 13.1 Å². The van der Waals surface area contributed by atoms with E-state index in [0.29, 0.717) is 12.4 Å². The van der Waals surface area contributed by atoms with Gasteiger partial charge in [0.25, 0.3) is 0 Å². The lowest BCUT2D eigenvalue weighted by molar-refractivity contribution is 0.466. The van der Waals surface area contributed by atoms with Crippen LogP contribution in [0.1, 0.15) is 20.8 Å². The highest BCUT2D eigenvalue weighted by Gasteiger charge is 2.21. The molecule has 0 aliphatic heterocycles. The molecule has 0 saturated heterocycles. The van der Waals surface area contributed by atoms with Crippen LogP contribution in [0.5, 0.6) is 0 Å². The maximum absolute atomic E-state index is 10.9. The lowest BCUT2D eigenvalue weighted by atomic mass is 10.1. The summed E-state index contributed by atoms with van der Waals surface area (Å²) < 4.78 is 24.3. The summed E-state index contributed by atoms with van der Waals surface area (Å²) in [6, 6.07) is 0. The number of hydrogen-bond acceptors (Lipinski definition) is 3. The van der Waals surface area contributed by atoms with Gasteiger partial charge in [0, 0.05) is 5.54 Å². The summed E-state index contributed by atoms with van der Waals surface area (Å²) in [4.78, 5) is 3.95. The fourth-order valence-electron chi connectivity index (χ4n) is 0.857. The quantitative estimate of drug-likeness (QED) is 0.490. The third-order valence-corrected chi connectivity index (χ3v) is 2.11. The van der Waals surface area contributed by atoms with Gasteiger partial charge in [0.15, 0.2) is 0 Å². The molecule has 0 unspecified atom stereocenters. The highest BCUT2D eigenvalue weighted by Crippen LogP contribution is 2.03. The molecule has 0 spiro atoms. The fraction of sp³-hybridized carbons (Fsp3) is 0.857. The van der Waals surface area contributed by atoms with Crippen molar-refractivity contribution in [1.29, 1.82) is 0 Å². The van der Waals surface area contributed by atoms with Crippen molar-refractivity contribution in [2.24, 2.45) is 10.7 Å². The largest absolute Gasteiger partial charge is 0.388 e. The average Bonchev–Trinajstić information content (AvgIpc) is 1.78. The molecule has 0 aromatic rings. The number of nitrogens with zero attached hydrogens (tertiary/aromatic N) is 1. The number of aliphatic imine (C=N–C) groups is 1. The number of nitrogens with two attached hydrogens (primary N) is 1. The molecule has 0 aromatic heterocycles. The van der Waals surface area contributed by atoms with E-state index in [-0.39, 0.29) is 0 Å². The zero-order chi connectivity index (χ0) is 10.7. The van der Waals surface area contributed by atoms with Gasteiger partial charge in [-0.15, -0.1) is 0 Å². The molecule has 0 aromatic carbocycles. The van der Waals surface area contributed by atoms with Gasteiger partial charge in [-0.3, -0.25) is 4.99 Å². The van der Waals surface area contributed by atoms with Gasteiger partial charge in [-0.1, -0.05) is 0 Å². The first-order valence-corrected chi connectivity index (χ1v) is 5.77. The molecular weight excluding hydrogens is 190 g/mol. The fourth-order valence-corrected chi connectivity index (χ4v) is 1.92. The van der Waals surface area contributed by atoms with Crippen LogP contribution in [0.25, 0.3) is 0 Å². The highest BCUT2D eigenvalue weighted by molar-refractivity contribution is 7.88. The first kappa shape index (κ1) is 12.4. The summed E-state index contributed by atoms with van der Waals surface area (Å²) in [6.07, 6.45) is 1.12. The molecular formula is C7H17N3O2S. The Bertz CT molecular complexity index is 289. The topological polar surface area (TPSA) is 84.5 Å². The van der Waals surface area contributed by atoms with Crippen LogP contribution in [-0.2, 0) is 10.0 Å². The summed E-state index contributed by atoms with van der Waals surface area (Å²) in [5.74, 6) is 0.448. The second-order valence-electron chi connectivity index (χ2n) is 3.72. The van der Waals surface area contributed by atoms with Crippen LogP contribution in [0.15, 0.2) is 4.99 Å². The van der Waals surface area contributed by atoms with Gasteiger partial charge in [0.05, 0.1) is 18.6 Å². The van der Waals surface area contributed by atoms with Crippen molar-refractivity contribution in [3.05, 3.63) is 0 Å². The van der Waals surface area contributed by atoms with Gasteiger partial charge in [-0.05, 0) is 20.8 Å². The van der Waals surface area contributed by atoms with Crippen LogP contribution < -0.4 is 10.5 Å². The van der Waals surface area contributed by atoms with Crippen LogP contribution in [-0.4, -0.2) is 32.6 Å². The molecule has 0 aliphatic carbocycles. The number of amidine groups is 1. The van der Waals surface area contributed by atoms with E-state index in [2.05, 4.69) is 9.71 Å². The van der Waals surface area contributed by atoms with Gasteiger partial charge < -0.3 is 5.73 Å². The van der Waals surface area contributed by atoms with Crippen molar-refractivity contribution in [1.82, 2.24) is 4.72 Å². The minimum absolute atomic E-state index is 0.336. The highest BCUT2D eigenvalue weighted by atomic mass is 32.2. The second kappa shape index (κ2) is 4.06. The summed E-state index contributed by atoms with van der Waals surface area (Å²) in [5.41, 5.74) is 4.75. The Kier molecular flexibility index (Phi) is 3.87. The Hall–Kier alpha value is -0.620. The monoisotopic (exact) mass is 207 g/mol. The zero-order valence-electron chi connectivity index (χ0n) is 8.46. The maximum atomic E-state index is 10.9. The first-order chi connectivity index (χ1) is 5.62. The van der Waals surface area contributed by atoms with Crippen LogP contribution >= 0.6 is 0 Å². The standard InChI is InChI=1S/C7H17N3O2S/c1-6(8)9-5-7(2,3)10-13(4,11)12/h10H,5H2,1-4H3,(H2,8,9). The SMILES string of the molecule is CC(N)=NCC(C)(C)NS(C)(=O)=O. The van der Waals surface area contributed by atoms with Crippen molar-refractivity contribution >= 4 is 15.9 Å². The molecule has 0 heterocycles. The Balaban J connectivity index is 4.34. The molecule has 0 aliphatic rings. The van der Waals surface area contributed by atoms with E-state index < -0.39 is 15.6 Å². The summed E-state index contributed by atoms with van der Waals surface area (Å²) in [6.45, 7) is 5.50. The second-order valence-corrected chi connectivity index (χ2v) is 5.46. The van der Waals surface area contributed by atoms with Crippen molar-refractivity contribution in [2.75, 3.05) is 12.8 Å². The van der Waals surface area contributed by atoms with Crippen LogP contribution in [0.4, 0.5) is 0 Å². The predicted octanol–water partition coefficient (Wildman–Crippen LogP) is -0.309. The number of rotatable bonds is 4. The van der Waals surface area contributed by atoms with E-state index in [4.69, 9.17) is 5.73 Å². The van der Waals surface area contributed by atoms with Crippen molar-refractivity contribution < 1.29 is 8.42 Å². The van der Waals surface area contributed by atoms with Crippen molar-refractivity contribution in [2.45, 2.75) is 26.3 Å². The molecule has 78 valence electrons. The zero-order valence-corrected chi connectivity index (χ0v) is 9.27. The smallest absolute Gasteiger partial charge is 0.209 e. The summed E-state index contributed by atoms with van der Waals surface area (Å²) in [7, 11) is -3.19. The van der Waals surface area contributed by atoms with E-state index in [9.17, 15) is 8.42 Å². The van der Waals surface area contributed by atoms with Crippen LogP contribution in [0.2, 0.25) is 0 Å². The predicted molar refractivity (Wildman–Crippen MR) is 54.2 cm³/mol. The normalized spacial score (nSPS) is 14.6. The van der Waals surface area contributed by atoms with Gasteiger partial charge in [0.1, 0.15) is 0 Å². The Morgan fingerprint density at radius 2 is 2.00 bits per heavy atom. The number of sulfonamides is 1. The van der Waals surface area contributed by atoms with Gasteiger partial charge in [0.2, 0.25) is 10.0 Å². The lowest BCUT2D eigenvalue weighted by Crippen LogP contribution is -2.45. The molecule has 6 heteroatoms. The van der Waals surface area contributed by atoms with E-state index in [1.807, 2.05) is 0 Å². The molecule has 5 nitrogen and oxygen atoms in total.